The molecule has 1 fully saturated rings. The average Bonchev–Trinajstić information content (AvgIpc) is 3.13. The summed E-state index contributed by atoms with van der Waals surface area (Å²) >= 11 is 0. The van der Waals surface area contributed by atoms with Gasteiger partial charge in [-0.15, -0.1) is 10.2 Å². The van der Waals surface area contributed by atoms with Crippen molar-refractivity contribution in [3.8, 4) is 0 Å². The summed E-state index contributed by atoms with van der Waals surface area (Å²) in [6.45, 7) is 1.67. The molecule has 21 heavy (non-hydrogen) atoms. The van der Waals surface area contributed by atoms with Gasteiger partial charge in [-0.25, -0.2) is 0 Å². The fraction of sp³-hybridized carbons (Fsp3) is 0.600. The molecule has 1 aliphatic carbocycles. The van der Waals surface area contributed by atoms with Gasteiger partial charge in [0.1, 0.15) is 12.2 Å². The van der Waals surface area contributed by atoms with E-state index in [9.17, 15) is 5.11 Å². The normalized spacial score (nSPS) is 25.6. The summed E-state index contributed by atoms with van der Waals surface area (Å²) in [5, 5.41) is 21.8. The number of aromatic nitrogens is 4. The number of aryl methyl sites for hydroxylation is 2. The van der Waals surface area contributed by atoms with Gasteiger partial charge in [0.2, 0.25) is 0 Å². The highest BCUT2D eigenvalue weighted by molar-refractivity contribution is 5.06. The van der Waals surface area contributed by atoms with Crippen LogP contribution in [0.4, 0.5) is 0 Å². The Balaban J connectivity index is 1.53. The number of nitrogens with one attached hydrogen (secondary N) is 1. The Hall–Kier alpha value is -1.66. The maximum Gasteiger partial charge on any atom is 0.135 e. The van der Waals surface area contributed by atoms with Crippen molar-refractivity contribution in [3.63, 3.8) is 0 Å². The maximum absolute atomic E-state index is 10.3. The topological polar surface area (TPSA) is 67.9 Å². The summed E-state index contributed by atoms with van der Waals surface area (Å²) < 4.78 is 4.07. The Bertz CT molecular complexity index is 590. The van der Waals surface area contributed by atoms with E-state index < -0.39 is 0 Å². The summed E-state index contributed by atoms with van der Waals surface area (Å²) in [5.74, 6) is 1.58. The van der Waals surface area contributed by atoms with Crippen LogP contribution in [0.2, 0.25) is 0 Å². The van der Waals surface area contributed by atoms with Crippen molar-refractivity contribution >= 4 is 0 Å². The lowest BCUT2D eigenvalue weighted by molar-refractivity contribution is 0.131. The zero-order valence-corrected chi connectivity index (χ0v) is 12.6. The minimum absolute atomic E-state index is 0.257. The number of aliphatic hydroxyl groups is 1. The third kappa shape index (κ3) is 3.01. The molecule has 0 saturated heterocycles. The summed E-state index contributed by atoms with van der Waals surface area (Å²) in [7, 11) is 4.01. The second-order valence-electron chi connectivity index (χ2n) is 6.04. The SMILES string of the molecule is Cn1cccc1CNCC1CC(c2nncn2C)CC1O. The van der Waals surface area contributed by atoms with Gasteiger partial charge in [-0.2, -0.15) is 0 Å². The van der Waals surface area contributed by atoms with Gasteiger partial charge in [0.05, 0.1) is 6.10 Å². The Morgan fingerprint density at radius 1 is 1.33 bits per heavy atom. The lowest BCUT2D eigenvalue weighted by Gasteiger charge is -2.15. The molecule has 6 heteroatoms. The van der Waals surface area contributed by atoms with Crippen LogP contribution in [0.1, 0.15) is 30.3 Å². The molecule has 0 spiro atoms. The van der Waals surface area contributed by atoms with Crippen LogP contribution >= 0.6 is 0 Å². The van der Waals surface area contributed by atoms with Crippen LogP contribution in [0.25, 0.3) is 0 Å². The van der Waals surface area contributed by atoms with Gasteiger partial charge in [-0.05, 0) is 30.9 Å². The molecule has 114 valence electrons. The molecule has 3 unspecified atom stereocenters. The molecule has 3 atom stereocenters. The molecule has 1 aliphatic rings. The molecule has 2 aromatic heterocycles. The van der Waals surface area contributed by atoms with Gasteiger partial charge in [-0.1, -0.05) is 0 Å². The van der Waals surface area contributed by atoms with Gasteiger partial charge in [0.15, 0.2) is 0 Å². The van der Waals surface area contributed by atoms with Crippen LogP contribution in [0.3, 0.4) is 0 Å². The maximum atomic E-state index is 10.3. The molecule has 0 radical (unpaired) electrons. The van der Waals surface area contributed by atoms with E-state index in [1.807, 2.05) is 30.9 Å². The molecule has 0 bridgehead atoms. The predicted molar refractivity (Wildman–Crippen MR) is 79.6 cm³/mol. The van der Waals surface area contributed by atoms with Crippen LogP contribution in [0.5, 0.6) is 0 Å². The molecule has 0 amide bonds. The fourth-order valence-corrected chi connectivity index (χ4v) is 3.26. The quantitative estimate of drug-likeness (QED) is 0.854. The van der Waals surface area contributed by atoms with Gasteiger partial charge in [0.25, 0.3) is 0 Å². The van der Waals surface area contributed by atoms with E-state index in [1.165, 1.54) is 5.69 Å². The molecule has 2 aromatic rings. The van der Waals surface area contributed by atoms with Crippen molar-refractivity contribution in [2.24, 2.45) is 20.0 Å². The van der Waals surface area contributed by atoms with Crippen LogP contribution in [-0.2, 0) is 20.6 Å². The predicted octanol–water partition coefficient (Wildman–Crippen LogP) is 0.798. The number of nitrogens with zero attached hydrogens (tertiary/aromatic N) is 4. The monoisotopic (exact) mass is 289 g/mol. The first-order valence-corrected chi connectivity index (χ1v) is 7.48. The van der Waals surface area contributed by atoms with Gasteiger partial charge in [-0.3, -0.25) is 0 Å². The van der Waals surface area contributed by atoms with E-state index in [2.05, 4.69) is 26.1 Å². The average molecular weight is 289 g/mol. The first kappa shape index (κ1) is 14.3. The molecular formula is C15H23N5O. The molecular weight excluding hydrogens is 266 g/mol. The van der Waals surface area contributed by atoms with Crippen molar-refractivity contribution < 1.29 is 5.11 Å². The lowest BCUT2D eigenvalue weighted by Crippen LogP contribution is -2.28. The lowest BCUT2D eigenvalue weighted by atomic mass is 10.0. The van der Waals surface area contributed by atoms with Gasteiger partial charge < -0.3 is 19.6 Å². The number of aliphatic hydroxyl groups excluding tert-OH is 1. The molecule has 2 N–H and O–H groups in total. The van der Waals surface area contributed by atoms with Crippen molar-refractivity contribution in [2.75, 3.05) is 6.54 Å². The van der Waals surface area contributed by atoms with Gasteiger partial charge in [0, 0.05) is 45.0 Å². The van der Waals surface area contributed by atoms with Crippen molar-refractivity contribution in [3.05, 3.63) is 36.2 Å². The smallest absolute Gasteiger partial charge is 0.135 e. The highest BCUT2D eigenvalue weighted by Gasteiger charge is 2.35. The van der Waals surface area contributed by atoms with E-state index in [4.69, 9.17) is 0 Å². The molecule has 0 aliphatic heterocycles. The third-order valence-electron chi connectivity index (χ3n) is 4.53. The first-order valence-electron chi connectivity index (χ1n) is 7.48. The first-order chi connectivity index (χ1) is 10.1. The summed E-state index contributed by atoms with van der Waals surface area (Å²) in [6, 6.07) is 4.16. The second-order valence-corrected chi connectivity index (χ2v) is 6.04. The molecule has 6 nitrogen and oxygen atoms in total. The van der Waals surface area contributed by atoms with Crippen LogP contribution in [-0.4, -0.2) is 37.1 Å². The van der Waals surface area contributed by atoms with Crippen molar-refractivity contribution in [2.45, 2.75) is 31.4 Å². The summed E-state index contributed by atoms with van der Waals surface area (Å²) in [5.41, 5.74) is 1.26. The summed E-state index contributed by atoms with van der Waals surface area (Å²) in [6.07, 6.45) is 5.26. The second kappa shape index (κ2) is 5.99. The van der Waals surface area contributed by atoms with Crippen LogP contribution < -0.4 is 5.32 Å². The van der Waals surface area contributed by atoms with E-state index in [0.717, 1.165) is 31.8 Å². The van der Waals surface area contributed by atoms with Crippen LogP contribution in [0, 0.1) is 5.92 Å². The van der Waals surface area contributed by atoms with Crippen molar-refractivity contribution in [1.29, 1.82) is 0 Å². The Kier molecular flexibility index (Phi) is 4.07. The summed E-state index contributed by atoms with van der Waals surface area (Å²) in [4.78, 5) is 0. The number of rotatable bonds is 5. The third-order valence-corrected chi connectivity index (χ3v) is 4.53. The number of hydrogen-bond acceptors (Lipinski definition) is 4. The Morgan fingerprint density at radius 3 is 2.86 bits per heavy atom. The van der Waals surface area contributed by atoms with Crippen LogP contribution in [0.15, 0.2) is 24.7 Å². The molecule has 0 aromatic carbocycles. The Morgan fingerprint density at radius 2 is 2.19 bits per heavy atom. The van der Waals surface area contributed by atoms with Crippen molar-refractivity contribution in [1.82, 2.24) is 24.6 Å². The van der Waals surface area contributed by atoms with E-state index in [1.54, 1.807) is 6.33 Å². The standard InChI is InChI=1S/C15H23N5O/c1-19-5-3-4-13(19)9-16-8-12-6-11(7-14(12)21)15-18-17-10-20(15)2/h3-5,10-12,14,16,21H,6-9H2,1-2H3. The minimum atomic E-state index is -0.257. The minimum Gasteiger partial charge on any atom is -0.393 e. The molecule has 3 rings (SSSR count). The zero-order chi connectivity index (χ0) is 14.8. The Labute approximate surface area is 124 Å². The van der Waals surface area contributed by atoms with Gasteiger partial charge >= 0.3 is 0 Å². The molecule has 1 saturated carbocycles. The fourth-order valence-electron chi connectivity index (χ4n) is 3.26. The zero-order valence-electron chi connectivity index (χ0n) is 12.6. The van der Waals surface area contributed by atoms with E-state index in [-0.39, 0.29) is 12.0 Å². The van der Waals surface area contributed by atoms with E-state index >= 15 is 0 Å². The largest absolute Gasteiger partial charge is 0.393 e. The highest BCUT2D eigenvalue weighted by atomic mass is 16.3. The highest BCUT2D eigenvalue weighted by Crippen LogP contribution is 2.37. The number of hydrogen-bond donors (Lipinski definition) is 2. The molecule has 2 heterocycles. The van der Waals surface area contributed by atoms with E-state index in [0.29, 0.717) is 5.92 Å².